The number of hydrogen-bond acceptors (Lipinski definition) is 3. The molecule has 1 aliphatic rings. The fourth-order valence-corrected chi connectivity index (χ4v) is 1.35. The van der Waals surface area contributed by atoms with Crippen molar-refractivity contribution in [1.29, 1.82) is 0 Å². The van der Waals surface area contributed by atoms with Crippen molar-refractivity contribution >= 4 is 22.9 Å². The van der Waals surface area contributed by atoms with E-state index in [1.165, 1.54) is 12.2 Å². The van der Waals surface area contributed by atoms with Gasteiger partial charge < -0.3 is 0 Å². The highest BCUT2D eigenvalue weighted by Gasteiger charge is 2.24. The SMILES string of the molecule is C=CC(=C)C=C1SC(=O)NC1=O. The van der Waals surface area contributed by atoms with E-state index in [0.717, 1.165) is 11.8 Å². The summed E-state index contributed by atoms with van der Waals surface area (Å²) >= 11 is 0.870. The third-order valence-electron chi connectivity index (χ3n) is 1.22. The molecule has 2 amide bonds. The first kappa shape index (κ1) is 8.80. The molecule has 0 radical (unpaired) electrons. The maximum absolute atomic E-state index is 10.9. The van der Waals surface area contributed by atoms with Crippen LogP contribution in [-0.4, -0.2) is 11.1 Å². The van der Waals surface area contributed by atoms with Crippen LogP contribution in [0.25, 0.3) is 0 Å². The molecule has 0 atom stereocenters. The van der Waals surface area contributed by atoms with Crippen LogP contribution in [0.5, 0.6) is 0 Å². The monoisotopic (exact) mass is 181 g/mol. The van der Waals surface area contributed by atoms with Gasteiger partial charge in [0.15, 0.2) is 0 Å². The maximum atomic E-state index is 10.9. The Bertz CT molecular complexity index is 304. The Morgan fingerprint density at radius 1 is 1.50 bits per heavy atom. The van der Waals surface area contributed by atoms with Gasteiger partial charge in [0.25, 0.3) is 11.1 Å². The molecule has 0 aromatic rings. The Kier molecular flexibility index (Phi) is 2.50. The van der Waals surface area contributed by atoms with Gasteiger partial charge in [-0.05, 0) is 23.4 Å². The Morgan fingerprint density at radius 3 is 2.58 bits per heavy atom. The summed E-state index contributed by atoms with van der Waals surface area (Å²) in [6, 6.07) is 0. The summed E-state index contributed by atoms with van der Waals surface area (Å²) in [5.74, 6) is -0.368. The number of carbonyl (C=O) groups excluding carboxylic acids is 2. The summed E-state index contributed by atoms with van der Waals surface area (Å²) in [5, 5.41) is 1.79. The van der Waals surface area contributed by atoms with Crippen LogP contribution in [0.1, 0.15) is 0 Å². The molecule has 1 rings (SSSR count). The molecule has 1 fully saturated rings. The van der Waals surface area contributed by atoms with Crippen molar-refractivity contribution in [2.45, 2.75) is 0 Å². The first-order valence-corrected chi connectivity index (χ1v) is 4.01. The van der Waals surface area contributed by atoms with Crippen molar-refractivity contribution in [2.24, 2.45) is 0 Å². The zero-order chi connectivity index (χ0) is 9.14. The second-order valence-electron chi connectivity index (χ2n) is 2.13. The Hall–Kier alpha value is -1.29. The van der Waals surface area contributed by atoms with Crippen LogP contribution in [0.3, 0.4) is 0 Å². The minimum Gasteiger partial charge on any atom is -0.282 e. The third-order valence-corrected chi connectivity index (χ3v) is 2.03. The highest BCUT2D eigenvalue weighted by atomic mass is 32.2. The predicted octanol–water partition coefficient (Wildman–Crippen LogP) is 1.60. The van der Waals surface area contributed by atoms with Gasteiger partial charge in [-0.3, -0.25) is 14.9 Å². The van der Waals surface area contributed by atoms with Gasteiger partial charge in [-0.1, -0.05) is 19.2 Å². The molecule has 12 heavy (non-hydrogen) atoms. The van der Waals surface area contributed by atoms with Crippen molar-refractivity contribution in [2.75, 3.05) is 0 Å². The van der Waals surface area contributed by atoms with E-state index in [9.17, 15) is 9.59 Å². The first-order chi connectivity index (χ1) is 5.63. The average Bonchev–Trinajstić information content (AvgIpc) is 2.30. The van der Waals surface area contributed by atoms with Crippen molar-refractivity contribution in [3.05, 3.63) is 35.8 Å². The van der Waals surface area contributed by atoms with Gasteiger partial charge in [-0.2, -0.15) is 0 Å². The Morgan fingerprint density at radius 2 is 2.17 bits per heavy atom. The number of imide groups is 1. The van der Waals surface area contributed by atoms with Crippen LogP contribution in [0.15, 0.2) is 35.8 Å². The van der Waals surface area contributed by atoms with Crippen LogP contribution in [-0.2, 0) is 4.79 Å². The highest BCUT2D eigenvalue weighted by molar-refractivity contribution is 8.18. The molecule has 1 heterocycles. The molecule has 0 aliphatic carbocycles. The molecule has 0 aromatic carbocycles. The van der Waals surface area contributed by atoms with Crippen LogP contribution < -0.4 is 5.32 Å². The van der Waals surface area contributed by atoms with Crippen molar-refractivity contribution in [1.82, 2.24) is 5.32 Å². The van der Waals surface area contributed by atoms with Crippen LogP contribution in [0, 0.1) is 0 Å². The van der Waals surface area contributed by atoms with E-state index < -0.39 is 0 Å². The minimum atomic E-state index is -0.368. The highest BCUT2D eigenvalue weighted by Crippen LogP contribution is 2.23. The summed E-state index contributed by atoms with van der Waals surface area (Å²) in [5.41, 5.74) is 0.613. The molecule has 1 N–H and O–H groups in total. The zero-order valence-electron chi connectivity index (χ0n) is 6.29. The quantitative estimate of drug-likeness (QED) is 0.520. The predicted molar refractivity (Wildman–Crippen MR) is 48.5 cm³/mol. The molecule has 0 bridgehead atoms. The van der Waals surface area contributed by atoms with E-state index in [-0.39, 0.29) is 11.1 Å². The Labute approximate surface area is 74.2 Å². The topological polar surface area (TPSA) is 46.2 Å². The number of nitrogens with one attached hydrogen (secondary N) is 1. The minimum absolute atomic E-state index is 0.344. The lowest BCUT2D eigenvalue weighted by molar-refractivity contribution is -0.115. The molecule has 1 aliphatic heterocycles. The number of amides is 2. The van der Waals surface area contributed by atoms with Crippen LogP contribution >= 0.6 is 11.8 Å². The summed E-state index contributed by atoms with van der Waals surface area (Å²) in [7, 11) is 0. The van der Waals surface area contributed by atoms with Gasteiger partial charge in [0, 0.05) is 0 Å². The number of hydrogen-bond donors (Lipinski definition) is 1. The summed E-state index contributed by atoms with van der Waals surface area (Å²) < 4.78 is 0. The number of rotatable bonds is 2. The summed E-state index contributed by atoms with van der Waals surface area (Å²) in [6.07, 6.45) is 3.04. The van der Waals surface area contributed by atoms with E-state index in [4.69, 9.17) is 0 Å². The lowest BCUT2D eigenvalue weighted by Crippen LogP contribution is -2.17. The van der Waals surface area contributed by atoms with Crippen molar-refractivity contribution in [3.63, 3.8) is 0 Å². The van der Waals surface area contributed by atoms with Gasteiger partial charge in [0.1, 0.15) is 0 Å². The fraction of sp³-hybridized carbons (Fsp3) is 0. The summed E-state index contributed by atoms with van der Waals surface area (Å²) in [6.45, 7) is 7.07. The van der Waals surface area contributed by atoms with Crippen molar-refractivity contribution < 1.29 is 9.59 Å². The molecule has 0 unspecified atom stereocenters. The van der Waals surface area contributed by atoms with Gasteiger partial charge in [-0.25, -0.2) is 0 Å². The molecule has 1 saturated heterocycles. The zero-order valence-corrected chi connectivity index (χ0v) is 7.11. The average molecular weight is 181 g/mol. The van der Waals surface area contributed by atoms with E-state index in [1.807, 2.05) is 0 Å². The van der Waals surface area contributed by atoms with Gasteiger partial charge >= 0.3 is 0 Å². The maximum Gasteiger partial charge on any atom is 0.290 e. The third kappa shape index (κ3) is 1.85. The lowest BCUT2D eigenvalue weighted by atomic mass is 10.3. The number of carbonyl (C=O) groups is 2. The standard InChI is InChI=1S/C8H7NO2S/c1-3-5(2)4-6-7(10)9-8(11)12-6/h3-4H,1-2H2,(H,9,10,11). The smallest absolute Gasteiger partial charge is 0.282 e. The molecular weight excluding hydrogens is 174 g/mol. The summed E-state index contributed by atoms with van der Waals surface area (Å²) in [4.78, 5) is 22.0. The molecule has 4 heteroatoms. The van der Waals surface area contributed by atoms with Gasteiger partial charge in [0.2, 0.25) is 0 Å². The van der Waals surface area contributed by atoms with Gasteiger partial charge in [-0.15, -0.1) is 0 Å². The van der Waals surface area contributed by atoms with E-state index in [2.05, 4.69) is 18.5 Å². The second kappa shape index (κ2) is 3.40. The first-order valence-electron chi connectivity index (χ1n) is 3.19. The molecule has 0 saturated carbocycles. The molecule has 62 valence electrons. The van der Waals surface area contributed by atoms with Gasteiger partial charge in [0.05, 0.1) is 4.91 Å². The number of allylic oxidation sites excluding steroid dienone is 3. The lowest BCUT2D eigenvalue weighted by Gasteiger charge is -1.89. The fourth-order valence-electron chi connectivity index (χ4n) is 0.648. The number of thioether (sulfide) groups is 1. The largest absolute Gasteiger partial charge is 0.290 e. The van der Waals surface area contributed by atoms with Crippen LogP contribution in [0.2, 0.25) is 0 Å². The molecule has 0 spiro atoms. The van der Waals surface area contributed by atoms with Crippen molar-refractivity contribution in [3.8, 4) is 0 Å². The second-order valence-corrected chi connectivity index (χ2v) is 3.15. The van der Waals surface area contributed by atoms with E-state index in [0.29, 0.717) is 10.5 Å². The van der Waals surface area contributed by atoms with Crippen LogP contribution in [0.4, 0.5) is 4.79 Å². The molecule has 3 nitrogen and oxygen atoms in total. The molecular formula is C8H7NO2S. The van der Waals surface area contributed by atoms with E-state index >= 15 is 0 Å². The Balaban J connectivity index is 2.83. The van der Waals surface area contributed by atoms with E-state index in [1.54, 1.807) is 0 Å². The molecule has 0 aromatic heterocycles. The normalized spacial score (nSPS) is 19.5.